The molecule has 0 aliphatic carbocycles. The zero-order valence-corrected chi connectivity index (χ0v) is 7.47. The van der Waals surface area contributed by atoms with Crippen LogP contribution in [0.25, 0.3) is 0 Å². The molecule has 72 valence electrons. The van der Waals surface area contributed by atoms with Crippen molar-refractivity contribution in [3.05, 3.63) is 23.8 Å². The van der Waals surface area contributed by atoms with Gasteiger partial charge in [0.1, 0.15) is 5.75 Å². The molecule has 13 heavy (non-hydrogen) atoms. The molecule has 1 N–H and O–H groups in total. The number of benzene rings is 1. The molecule has 0 saturated carbocycles. The van der Waals surface area contributed by atoms with Crippen molar-refractivity contribution < 1.29 is 13.5 Å². The number of anilines is 1. The first-order valence-electron chi connectivity index (χ1n) is 3.86. The van der Waals surface area contributed by atoms with E-state index in [1.165, 1.54) is 0 Å². The van der Waals surface area contributed by atoms with Crippen LogP contribution in [0.2, 0.25) is 0 Å². The highest BCUT2D eigenvalue weighted by Crippen LogP contribution is 2.26. The van der Waals surface area contributed by atoms with Crippen molar-refractivity contribution in [2.24, 2.45) is 0 Å². The molecule has 1 aromatic rings. The Bertz CT molecular complexity index is 289. The Morgan fingerprint density at radius 3 is 2.62 bits per heavy atom. The summed E-state index contributed by atoms with van der Waals surface area (Å²) < 4.78 is 28.2. The van der Waals surface area contributed by atoms with Gasteiger partial charge < -0.3 is 10.1 Å². The summed E-state index contributed by atoms with van der Waals surface area (Å²) in [6.07, 6.45) is 0. The molecular weight excluding hydrogens is 176 g/mol. The van der Waals surface area contributed by atoms with Crippen LogP contribution >= 0.6 is 0 Å². The van der Waals surface area contributed by atoms with Crippen LogP contribution in [0.4, 0.5) is 14.5 Å². The fourth-order valence-corrected chi connectivity index (χ4v) is 1.03. The second kappa shape index (κ2) is 4.07. The number of alkyl halides is 2. The van der Waals surface area contributed by atoms with E-state index in [4.69, 9.17) is 0 Å². The Balaban J connectivity index is 2.94. The predicted molar refractivity (Wildman–Crippen MR) is 47.4 cm³/mol. The first-order valence-corrected chi connectivity index (χ1v) is 3.86. The second-order valence-corrected chi connectivity index (χ2v) is 2.63. The molecule has 2 nitrogen and oxygen atoms in total. The highest BCUT2D eigenvalue weighted by atomic mass is 19.3. The molecule has 0 bridgehead atoms. The van der Waals surface area contributed by atoms with E-state index in [0.29, 0.717) is 5.69 Å². The van der Waals surface area contributed by atoms with Gasteiger partial charge in [-0.3, -0.25) is 0 Å². The molecule has 4 heteroatoms. The van der Waals surface area contributed by atoms with Crippen LogP contribution in [0.1, 0.15) is 5.56 Å². The summed E-state index contributed by atoms with van der Waals surface area (Å²) in [5.74, 6) is 0.178. The third-order valence-electron chi connectivity index (χ3n) is 1.62. The van der Waals surface area contributed by atoms with Gasteiger partial charge in [0.15, 0.2) is 0 Å². The molecule has 0 unspecified atom stereocenters. The van der Waals surface area contributed by atoms with Gasteiger partial charge in [-0.15, -0.1) is 0 Å². The van der Waals surface area contributed by atoms with Gasteiger partial charge in [0.25, 0.3) is 0 Å². The Kier molecular flexibility index (Phi) is 3.06. The summed E-state index contributed by atoms with van der Waals surface area (Å²) in [5, 5.41) is 2.77. The van der Waals surface area contributed by atoms with Crippen LogP contribution in [0.3, 0.4) is 0 Å². The monoisotopic (exact) mass is 187 g/mol. The number of halogens is 2. The SMILES string of the molecule is CNc1ccc(C)cc1OC(F)F. The van der Waals surface area contributed by atoms with E-state index < -0.39 is 6.61 Å². The average molecular weight is 187 g/mol. The Hall–Kier alpha value is -1.32. The van der Waals surface area contributed by atoms with Gasteiger partial charge in [-0.05, 0) is 24.6 Å². The smallest absolute Gasteiger partial charge is 0.387 e. The van der Waals surface area contributed by atoms with Gasteiger partial charge in [-0.1, -0.05) is 6.07 Å². The minimum atomic E-state index is -2.78. The van der Waals surface area contributed by atoms with Gasteiger partial charge in [0, 0.05) is 7.05 Å². The largest absolute Gasteiger partial charge is 0.433 e. The lowest BCUT2D eigenvalue weighted by molar-refractivity contribution is -0.0493. The average Bonchev–Trinajstić information content (AvgIpc) is 2.03. The summed E-state index contributed by atoms with van der Waals surface area (Å²) in [6, 6.07) is 5.09. The molecule has 1 rings (SSSR count). The van der Waals surface area contributed by atoms with Crippen molar-refractivity contribution in [3.63, 3.8) is 0 Å². The van der Waals surface area contributed by atoms with Crippen molar-refractivity contribution in [2.75, 3.05) is 12.4 Å². The van der Waals surface area contributed by atoms with E-state index in [1.807, 2.05) is 13.0 Å². The summed E-state index contributed by atoms with van der Waals surface area (Å²) in [6.45, 7) is -0.966. The van der Waals surface area contributed by atoms with Gasteiger partial charge in [-0.2, -0.15) is 8.78 Å². The fraction of sp³-hybridized carbons (Fsp3) is 0.333. The molecule has 0 heterocycles. The van der Waals surface area contributed by atoms with E-state index in [0.717, 1.165) is 5.56 Å². The molecule has 0 saturated heterocycles. The van der Waals surface area contributed by atoms with Crippen LogP contribution in [-0.4, -0.2) is 13.7 Å². The molecule has 0 radical (unpaired) electrons. The quantitative estimate of drug-likeness (QED) is 0.785. The van der Waals surface area contributed by atoms with E-state index in [2.05, 4.69) is 10.1 Å². The molecule has 0 aliphatic heterocycles. The molecule has 0 aliphatic rings. The number of ether oxygens (including phenoxy) is 1. The molecule has 0 amide bonds. The van der Waals surface area contributed by atoms with E-state index in [-0.39, 0.29) is 5.75 Å². The van der Waals surface area contributed by atoms with Crippen molar-refractivity contribution in [1.29, 1.82) is 0 Å². The lowest BCUT2D eigenvalue weighted by atomic mass is 10.2. The van der Waals surface area contributed by atoms with Crippen LogP contribution in [0.5, 0.6) is 5.75 Å². The summed E-state index contributed by atoms with van der Waals surface area (Å²) in [5.41, 5.74) is 1.44. The number of hydrogen-bond acceptors (Lipinski definition) is 2. The maximum atomic E-state index is 11.9. The second-order valence-electron chi connectivity index (χ2n) is 2.63. The van der Waals surface area contributed by atoms with Crippen LogP contribution in [-0.2, 0) is 0 Å². The lowest BCUT2D eigenvalue weighted by Gasteiger charge is -2.10. The number of aryl methyl sites for hydroxylation is 1. The zero-order chi connectivity index (χ0) is 9.84. The predicted octanol–water partition coefficient (Wildman–Crippen LogP) is 2.64. The molecule has 0 fully saturated rings. The van der Waals surface area contributed by atoms with Crippen LogP contribution in [0, 0.1) is 6.92 Å². The maximum Gasteiger partial charge on any atom is 0.387 e. The minimum absolute atomic E-state index is 0.178. The molecule has 0 atom stereocenters. The summed E-state index contributed by atoms with van der Waals surface area (Å²) in [7, 11) is 1.66. The van der Waals surface area contributed by atoms with Gasteiger partial charge in [0.2, 0.25) is 0 Å². The zero-order valence-electron chi connectivity index (χ0n) is 7.47. The van der Waals surface area contributed by atoms with E-state index in [1.54, 1.807) is 19.2 Å². The molecule has 1 aromatic carbocycles. The topological polar surface area (TPSA) is 21.3 Å². The first-order chi connectivity index (χ1) is 6.13. The summed E-state index contributed by atoms with van der Waals surface area (Å²) in [4.78, 5) is 0. The highest BCUT2D eigenvalue weighted by molar-refractivity contribution is 5.57. The number of nitrogens with one attached hydrogen (secondary N) is 1. The van der Waals surface area contributed by atoms with E-state index in [9.17, 15) is 8.78 Å². The fourth-order valence-electron chi connectivity index (χ4n) is 1.03. The standard InChI is InChI=1S/C9H11F2NO/c1-6-3-4-7(12-2)8(5-6)13-9(10)11/h3-5,9,12H,1-2H3. The van der Waals surface area contributed by atoms with Crippen molar-refractivity contribution in [3.8, 4) is 5.75 Å². The van der Waals surface area contributed by atoms with Crippen LogP contribution < -0.4 is 10.1 Å². The highest BCUT2D eigenvalue weighted by Gasteiger charge is 2.08. The van der Waals surface area contributed by atoms with E-state index >= 15 is 0 Å². The maximum absolute atomic E-state index is 11.9. The van der Waals surface area contributed by atoms with Gasteiger partial charge in [-0.25, -0.2) is 0 Å². The van der Waals surface area contributed by atoms with Gasteiger partial charge >= 0.3 is 6.61 Å². The molecule has 0 aromatic heterocycles. The van der Waals surface area contributed by atoms with Crippen molar-refractivity contribution in [1.82, 2.24) is 0 Å². The Morgan fingerprint density at radius 2 is 2.08 bits per heavy atom. The normalized spacial score (nSPS) is 10.2. The molecule has 0 spiro atoms. The third kappa shape index (κ3) is 2.57. The number of hydrogen-bond donors (Lipinski definition) is 1. The van der Waals surface area contributed by atoms with Crippen molar-refractivity contribution >= 4 is 5.69 Å². The van der Waals surface area contributed by atoms with Crippen molar-refractivity contribution in [2.45, 2.75) is 13.5 Å². The lowest BCUT2D eigenvalue weighted by Crippen LogP contribution is -2.04. The number of rotatable bonds is 3. The minimum Gasteiger partial charge on any atom is -0.433 e. The molecular formula is C9H11F2NO. The van der Waals surface area contributed by atoms with Crippen LogP contribution in [0.15, 0.2) is 18.2 Å². The first kappa shape index (κ1) is 9.77. The third-order valence-corrected chi connectivity index (χ3v) is 1.62. The Morgan fingerprint density at radius 1 is 1.38 bits per heavy atom. The van der Waals surface area contributed by atoms with Gasteiger partial charge in [0.05, 0.1) is 5.69 Å². The Labute approximate surface area is 75.5 Å². The summed E-state index contributed by atoms with van der Waals surface area (Å²) >= 11 is 0.